The molecule has 0 spiro atoms. The van der Waals surface area contributed by atoms with Gasteiger partial charge in [-0.2, -0.15) is 0 Å². The van der Waals surface area contributed by atoms with Crippen LogP contribution in [-0.4, -0.2) is 40.2 Å². The highest BCUT2D eigenvalue weighted by atomic mass is 16.3. The van der Waals surface area contributed by atoms with E-state index >= 15 is 0 Å². The van der Waals surface area contributed by atoms with Gasteiger partial charge in [-0.15, -0.1) is 0 Å². The first-order valence-electron chi connectivity index (χ1n) is 6.16. The van der Waals surface area contributed by atoms with E-state index in [0.29, 0.717) is 13.1 Å². The summed E-state index contributed by atoms with van der Waals surface area (Å²) in [4.78, 5) is 14.1. The Hall–Kier alpha value is -1.75. The molecule has 0 saturated heterocycles. The molecule has 0 unspecified atom stereocenters. The number of aromatic hydroxyl groups is 2. The maximum absolute atomic E-state index is 12.3. The Morgan fingerprint density at radius 3 is 2.67 bits per heavy atom. The largest absolute Gasteiger partial charge is 0.508 e. The highest BCUT2D eigenvalue weighted by Gasteiger charge is 2.33. The molecule has 1 aliphatic rings. The van der Waals surface area contributed by atoms with Gasteiger partial charge in [0.15, 0.2) is 0 Å². The number of carbonyl (C=O) groups is 1. The predicted octanol–water partition coefficient (Wildman–Crippen LogP) is 1.05. The van der Waals surface area contributed by atoms with E-state index in [4.69, 9.17) is 5.73 Å². The lowest BCUT2D eigenvalue weighted by Crippen LogP contribution is -2.34. The molecule has 0 radical (unpaired) electrons. The van der Waals surface area contributed by atoms with Crippen molar-refractivity contribution in [3.8, 4) is 11.5 Å². The quantitative estimate of drug-likeness (QED) is 0.729. The molecule has 18 heavy (non-hydrogen) atoms. The van der Waals surface area contributed by atoms with Crippen molar-refractivity contribution < 1.29 is 15.0 Å². The number of nitrogens with two attached hydrogens (primary N) is 1. The van der Waals surface area contributed by atoms with Crippen LogP contribution in [0.15, 0.2) is 18.2 Å². The van der Waals surface area contributed by atoms with Gasteiger partial charge in [-0.05, 0) is 37.9 Å². The average Bonchev–Trinajstić information content (AvgIpc) is 3.13. The minimum absolute atomic E-state index is 0.0519. The minimum atomic E-state index is -0.191. The van der Waals surface area contributed by atoms with E-state index in [9.17, 15) is 15.0 Å². The maximum atomic E-state index is 12.3. The molecule has 1 aromatic carbocycles. The van der Waals surface area contributed by atoms with Crippen molar-refractivity contribution in [3.05, 3.63) is 23.8 Å². The molecule has 4 N–H and O–H groups in total. The Morgan fingerprint density at radius 1 is 1.39 bits per heavy atom. The highest BCUT2D eigenvalue weighted by Crippen LogP contribution is 2.31. The van der Waals surface area contributed by atoms with Gasteiger partial charge in [0.25, 0.3) is 5.91 Å². The van der Waals surface area contributed by atoms with E-state index in [1.54, 1.807) is 4.90 Å². The second-order valence-corrected chi connectivity index (χ2v) is 4.57. The molecule has 2 rings (SSSR count). The van der Waals surface area contributed by atoms with E-state index < -0.39 is 0 Å². The second kappa shape index (κ2) is 5.27. The Morgan fingerprint density at radius 2 is 2.11 bits per heavy atom. The number of hydrogen-bond donors (Lipinski definition) is 3. The molecule has 1 aromatic rings. The lowest BCUT2D eigenvalue weighted by atomic mass is 10.1. The molecular formula is C13H18N2O3. The number of rotatable bonds is 5. The van der Waals surface area contributed by atoms with Gasteiger partial charge in [-0.3, -0.25) is 4.79 Å². The smallest absolute Gasteiger partial charge is 0.257 e. The van der Waals surface area contributed by atoms with E-state index in [-0.39, 0.29) is 29.0 Å². The molecule has 5 nitrogen and oxygen atoms in total. The molecule has 5 heteroatoms. The summed E-state index contributed by atoms with van der Waals surface area (Å²) < 4.78 is 0. The first kappa shape index (κ1) is 12.7. The van der Waals surface area contributed by atoms with Crippen LogP contribution in [0.3, 0.4) is 0 Å². The molecule has 98 valence electrons. The predicted molar refractivity (Wildman–Crippen MR) is 67.5 cm³/mol. The third-order valence-corrected chi connectivity index (χ3v) is 3.06. The van der Waals surface area contributed by atoms with Gasteiger partial charge >= 0.3 is 0 Å². The maximum Gasteiger partial charge on any atom is 0.257 e. The van der Waals surface area contributed by atoms with Gasteiger partial charge in [0.1, 0.15) is 11.5 Å². The molecule has 0 aromatic heterocycles. The summed E-state index contributed by atoms with van der Waals surface area (Å²) >= 11 is 0. The summed E-state index contributed by atoms with van der Waals surface area (Å²) in [7, 11) is 0. The van der Waals surface area contributed by atoms with Crippen LogP contribution in [-0.2, 0) is 0 Å². The Kier molecular flexibility index (Phi) is 3.72. The molecule has 0 atom stereocenters. The van der Waals surface area contributed by atoms with Crippen LogP contribution in [0, 0.1) is 0 Å². The van der Waals surface area contributed by atoms with Crippen molar-refractivity contribution in [2.45, 2.75) is 25.3 Å². The van der Waals surface area contributed by atoms with Gasteiger partial charge in [0.2, 0.25) is 0 Å². The van der Waals surface area contributed by atoms with E-state index in [1.165, 1.54) is 18.2 Å². The van der Waals surface area contributed by atoms with Gasteiger partial charge in [-0.25, -0.2) is 0 Å². The fraction of sp³-hybridized carbons (Fsp3) is 0.462. The third-order valence-electron chi connectivity index (χ3n) is 3.06. The molecule has 1 fully saturated rings. The molecule has 1 amide bonds. The lowest BCUT2D eigenvalue weighted by Gasteiger charge is -2.22. The zero-order valence-corrected chi connectivity index (χ0v) is 10.2. The third kappa shape index (κ3) is 2.73. The normalized spacial score (nSPS) is 14.5. The molecule has 0 heterocycles. The van der Waals surface area contributed by atoms with Crippen molar-refractivity contribution in [2.75, 3.05) is 13.1 Å². The number of phenols is 2. The van der Waals surface area contributed by atoms with Crippen LogP contribution in [0.1, 0.15) is 29.6 Å². The Labute approximate surface area is 106 Å². The summed E-state index contributed by atoms with van der Waals surface area (Å²) in [5.74, 6) is -0.425. The van der Waals surface area contributed by atoms with Gasteiger partial charge in [-0.1, -0.05) is 0 Å². The summed E-state index contributed by atoms with van der Waals surface area (Å²) in [5.41, 5.74) is 5.70. The van der Waals surface area contributed by atoms with Crippen LogP contribution in [0.2, 0.25) is 0 Å². The van der Waals surface area contributed by atoms with Crippen LogP contribution in [0.25, 0.3) is 0 Å². The first-order chi connectivity index (χ1) is 8.63. The van der Waals surface area contributed by atoms with Crippen molar-refractivity contribution in [3.63, 3.8) is 0 Å². The summed E-state index contributed by atoms with van der Waals surface area (Å²) in [5, 5.41) is 18.9. The van der Waals surface area contributed by atoms with Crippen LogP contribution in [0.5, 0.6) is 11.5 Å². The monoisotopic (exact) mass is 250 g/mol. The van der Waals surface area contributed by atoms with Crippen LogP contribution in [0.4, 0.5) is 0 Å². The minimum Gasteiger partial charge on any atom is -0.508 e. The summed E-state index contributed by atoms with van der Waals surface area (Å²) in [6.07, 6.45) is 2.77. The fourth-order valence-corrected chi connectivity index (χ4v) is 1.95. The van der Waals surface area contributed by atoms with Crippen LogP contribution < -0.4 is 5.73 Å². The molecular weight excluding hydrogens is 232 g/mol. The lowest BCUT2D eigenvalue weighted by molar-refractivity contribution is 0.0739. The molecule has 0 bridgehead atoms. The van der Waals surface area contributed by atoms with E-state index in [0.717, 1.165) is 19.3 Å². The average molecular weight is 250 g/mol. The van der Waals surface area contributed by atoms with Crippen molar-refractivity contribution in [1.82, 2.24) is 4.90 Å². The highest BCUT2D eigenvalue weighted by molar-refractivity contribution is 5.97. The number of amides is 1. The van der Waals surface area contributed by atoms with Gasteiger partial charge in [0.05, 0.1) is 5.56 Å². The standard InChI is InChI=1S/C13H18N2O3/c14-6-1-7-15(9-2-3-9)13(18)11-5-4-10(16)8-12(11)17/h4-5,8-9,16-17H,1-3,6-7,14H2. The van der Waals surface area contributed by atoms with Crippen LogP contribution >= 0.6 is 0 Å². The molecule has 0 aliphatic heterocycles. The SMILES string of the molecule is NCCCN(C(=O)c1ccc(O)cc1O)C1CC1. The van der Waals surface area contributed by atoms with E-state index in [1.807, 2.05) is 0 Å². The number of nitrogens with zero attached hydrogens (tertiary/aromatic N) is 1. The number of carbonyl (C=O) groups excluding carboxylic acids is 1. The fourth-order valence-electron chi connectivity index (χ4n) is 1.95. The Balaban J connectivity index is 2.16. The van der Waals surface area contributed by atoms with E-state index in [2.05, 4.69) is 0 Å². The van der Waals surface area contributed by atoms with Crippen molar-refractivity contribution in [2.24, 2.45) is 5.73 Å². The van der Waals surface area contributed by atoms with Gasteiger partial charge < -0.3 is 20.8 Å². The Bertz CT molecular complexity index is 444. The van der Waals surface area contributed by atoms with Crippen molar-refractivity contribution >= 4 is 5.91 Å². The second-order valence-electron chi connectivity index (χ2n) is 4.57. The zero-order chi connectivity index (χ0) is 13.1. The summed E-state index contributed by atoms with van der Waals surface area (Å²) in [6.45, 7) is 1.15. The zero-order valence-electron chi connectivity index (χ0n) is 10.2. The molecule has 1 saturated carbocycles. The number of phenolic OH excluding ortho intramolecular Hbond substituents is 2. The van der Waals surface area contributed by atoms with Crippen molar-refractivity contribution in [1.29, 1.82) is 0 Å². The molecule has 1 aliphatic carbocycles. The van der Waals surface area contributed by atoms with Gasteiger partial charge in [0, 0.05) is 18.7 Å². The first-order valence-corrected chi connectivity index (χ1v) is 6.16. The number of benzene rings is 1. The topological polar surface area (TPSA) is 86.8 Å². The number of hydrogen-bond acceptors (Lipinski definition) is 4. The summed E-state index contributed by atoms with van der Waals surface area (Å²) in [6, 6.07) is 4.31.